The van der Waals surface area contributed by atoms with Gasteiger partial charge in [-0.05, 0) is 44.6 Å². The number of benzene rings is 1. The molecule has 0 aliphatic heterocycles. The summed E-state index contributed by atoms with van der Waals surface area (Å²) in [6.07, 6.45) is -0.514. The van der Waals surface area contributed by atoms with Crippen LogP contribution in [0.5, 0.6) is 0 Å². The fourth-order valence-electron chi connectivity index (χ4n) is 2.26. The summed E-state index contributed by atoms with van der Waals surface area (Å²) in [5, 5.41) is 11.2. The molecule has 0 aliphatic rings. The Balaban J connectivity index is 2.94. The van der Waals surface area contributed by atoms with Crippen molar-refractivity contribution in [1.82, 2.24) is 4.90 Å². The van der Waals surface area contributed by atoms with E-state index in [0.717, 1.165) is 18.7 Å². The summed E-state index contributed by atoms with van der Waals surface area (Å²) in [4.78, 5) is 2.26. The topological polar surface area (TPSA) is 23.5 Å². The molecule has 0 saturated carbocycles. The highest BCUT2D eigenvalue weighted by Gasteiger charge is 2.33. The summed E-state index contributed by atoms with van der Waals surface area (Å²) in [7, 11) is 0. The Bertz CT molecular complexity index is 344. The first-order valence-corrected chi connectivity index (χ1v) is 6.49. The van der Waals surface area contributed by atoms with Crippen LogP contribution in [0.15, 0.2) is 24.3 Å². The number of halogens is 1. The van der Waals surface area contributed by atoms with Gasteiger partial charge < -0.3 is 5.11 Å². The van der Waals surface area contributed by atoms with Crippen LogP contribution < -0.4 is 0 Å². The van der Waals surface area contributed by atoms with Gasteiger partial charge in [-0.1, -0.05) is 37.6 Å². The molecule has 2 nitrogen and oxygen atoms in total. The molecule has 0 spiro atoms. The smallest absolute Gasteiger partial charge is 0.0968 e. The van der Waals surface area contributed by atoms with Gasteiger partial charge in [0.1, 0.15) is 0 Å². The maximum atomic E-state index is 10.5. The first-order chi connectivity index (χ1) is 7.93. The minimum Gasteiger partial charge on any atom is -0.386 e. The average molecular weight is 256 g/mol. The zero-order chi connectivity index (χ0) is 13.1. The number of rotatable bonds is 5. The molecule has 1 atom stereocenters. The number of nitrogens with zero attached hydrogens (tertiary/aromatic N) is 1. The fourth-order valence-corrected chi connectivity index (χ4v) is 2.39. The van der Waals surface area contributed by atoms with Crippen molar-refractivity contribution in [3.8, 4) is 0 Å². The highest BCUT2D eigenvalue weighted by molar-refractivity contribution is 6.30. The van der Waals surface area contributed by atoms with Crippen molar-refractivity contribution in [3.05, 3.63) is 34.9 Å². The molecule has 1 N–H and O–H groups in total. The second-order valence-corrected chi connectivity index (χ2v) is 5.22. The molecule has 0 radical (unpaired) electrons. The van der Waals surface area contributed by atoms with Crippen LogP contribution >= 0.6 is 11.6 Å². The largest absolute Gasteiger partial charge is 0.386 e. The molecule has 1 rings (SSSR count). The maximum absolute atomic E-state index is 10.5. The van der Waals surface area contributed by atoms with E-state index in [2.05, 4.69) is 32.6 Å². The van der Waals surface area contributed by atoms with Gasteiger partial charge in [0.05, 0.1) is 6.10 Å². The number of likely N-dealkylation sites (N-methyl/N-ethyl adjacent to an activating group) is 1. The molecule has 3 heteroatoms. The van der Waals surface area contributed by atoms with E-state index in [9.17, 15) is 5.11 Å². The van der Waals surface area contributed by atoms with Gasteiger partial charge in [0.2, 0.25) is 0 Å². The minimum absolute atomic E-state index is 0.280. The Morgan fingerprint density at radius 2 is 1.65 bits per heavy atom. The lowest BCUT2D eigenvalue weighted by Gasteiger charge is -2.41. The summed E-state index contributed by atoms with van der Waals surface area (Å²) in [6.45, 7) is 10.2. The van der Waals surface area contributed by atoms with Crippen molar-refractivity contribution in [3.63, 3.8) is 0 Å². The van der Waals surface area contributed by atoms with Crippen LogP contribution in [0.3, 0.4) is 0 Å². The Labute approximate surface area is 109 Å². The van der Waals surface area contributed by atoms with Gasteiger partial charge in [0.25, 0.3) is 0 Å². The number of hydrogen-bond acceptors (Lipinski definition) is 2. The summed E-state index contributed by atoms with van der Waals surface area (Å²) in [5.74, 6) is 0. The molecule has 0 fully saturated rings. The van der Waals surface area contributed by atoms with Crippen molar-refractivity contribution in [2.24, 2.45) is 0 Å². The lowest BCUT2D eigenvalue weighted by Crippen LogP contribution is -2.48. The van der Waals surface area contributed by atoms with Gasteiger partial charge in [-0.25, -0.2) is 0 Å². The van der Waals surface area contributed by atoms with Crippen molar-refractivity contribution in [1.29, 1.82) is 0 Å². The van der Waals surface area contributed by atoms with Crippen LogP contribution in [-0.2, 0) is 0 Å². The van der Waals surface area contributed by atoms with Crippen molar-refractivity contribution in [2.75, 3.05) is 13.1 Å². The quantitative estimate of drug-likeness (QED) is 0.871. The van der Waals surface area contributed by atoms with Gasteiger partial charge >= 0.3 is 0 Å². The zero-order valence-corrected chi connectivity index (χ0v) is 11.8. The first-order valence-electron chi connectivity index (χ1n) is 6.12. The van der Waals surface area contributed by atoms with E-state index in [1.54, 1.807) is 0 Å². The summed E-state index contributed by atoms with van der Waals surface area (Å²) < 4.78 is 0. The summed E-state index contributed by atoms with van der Waals surface area (Å²) >= 11 is 5.86. The molecular weight excluding hydrogens is 234 g/mol. The van der Waals surface area contributed by atoms with Crippen LogP contribution in [0, 0.1) is 0 Å². The Hall–Kier alpha value is -0.570. The van der Waals surface area contributed by atoms with Gasteiger partial charge in [0, 0.05) is 10.6 Å². The first kappa shape index (κ1) is 14.5. The molecule has 0 bridgehead atoms. The van der Waals surface area contributed by atoms with E-state index in [1.807, 2.05) is 24.3 Å². The van der Waals surface area contributed by atoms with Crippen LogP contribution in [-0.4, -0.2) is 28.6 Å². The second-order valence-electron chi connectivity index (χ2n) is 4.78. The Kier molecular flexibility index (Phi) is 4.99. The van der Waals surface area contributed by atoms with Crippen molar-refractivity contribution in [2.45, 2.75) is 39.3 Å². The third-order valence-electron chi connectivity index (χ3n) is 3.43. The van der Waals surface area contributed by atoms with E-state index in [1.165, 1.54) is 0 Å². The molecule has 17 heavy (non-hydrogen) atoms. The SMILES string of the molecule is CCN(CC)C(C)(C)C(O)c1ccc(Cl)cc1. The van der Waals surface area contributed by atoms with Gasteiger partial charge in [0.15, 0.2) is 0 Å². The normalized spacial score (nSPS) is 14.1. The lowest BCUT2D eigenvalue weighted by atomic mass is 9.89. The van der Waals surface area contributed by atoms with E-state index in [-0.39, 0.29) is 5.54 Å². The molecule has 0 amide bonds. The standard InChI is InChI=1S/C14H22ClNO/c1-5-16(6-2)14(3,4)13(17)11-7-9-12(15)10-8-11/h7-10,13,17H,5-6H2,1-4H3. The number of hydrogen-bond donors (Lipinski definition) is 1. The van der Waals surface area contributed by atoms with E-state index >= 15 is 0 Å². The molecule has 1 unspecified atom stereocenters. The predicted octanol–water partition coefficient (Wildman–Crippen LogP) is 3.49. The molecule has 0 aromatic heterocycles. The van der Waals surface area contributed by atoms with Crippen LogP contribution in [0.4, 0.5) is 0 Å². The molecular formula is C14H22ClNO. The van der Waals surface area contributed by atoms with Gasteiger partial charge in [-0.3, -0.25) is 4.90 Å². The molecule has 0 aliphatic carbocycles. The minimum atomic E-state index is -0.514. The van der Waals surface area contributed by atoms with Crippen molar-refractivity contribution >= 4 is 11.6 Å². The van der Waals surface area contributed by atoms with Crippen LogP contribution in [0.25, 0.3) is 0 Å². The summed E-state index contributed by atoms with van der Waals surface area (Å²) in [6, 6.07) is 7.41. The molecule has 0 saturated heterocycles. The average Bonchev–Trinajstić information content (AvgIpc) is 2.30. The zero-order valence-electron chi connectivity index (χ0n) is 11.1. The fraction of sp³-hybridized carbons (Fsp3) is 0.571. The second kappa shape index (κ2) is 5.85. The lowest BCUT2D eigenvalue weighted by molar-refractivity contribution is -0.00626. The van der Waals surface area contributed by atoms with E-state index in [0.29, 0.717) is 5.02 Å². The number of aliphatic hydroxyl groups excluding tert-OH is 1. The highest BCUT2D eigenvalue weighted by Crippen LogP contribution is 2.31. The third kappa shape index (κ3) is 3.21. The van der Waals surface area contributed by atoms with Crippen LogP contribution in [0.1, 0.15) is 39.4 Å². The Morgan fingerprint density at radius 1 is 1.18 bits per heavy atom. The van der Waals surface area contributed by atoms with E-state index < -0.39 is 6.10 Å². The Morgan fingerprint density at radius 3 is 2.06 bits per heavy atom. The summed E-state index contributed by atoms with van der Waals surface area (Å²) in [5.41, 5.74) is 0.628. The predicted molar refractivity (Wildman–Crippen MR) is 73.4 cm³/mol. The van der Waals surface area contributed by atoms with Crippen molar-refractivity contribution < 1.29 is 5.11 Å². The van der Waals surface area contributed by atoms with Crippen LogP contribution in [0.2, 0.25) is 5.02 Å². The maximum Gasteiger partial charge on any atom is 0.0968 e. The highest BCUT2D eigenvalue weighted by atomic mass is 35.5. The van der Waals surface area contributed by atoms with Gasteiger partial charge in [-0.15, -0.1) is 0 Å². The van der Waals surface area contributed by atoms with Gasteiger partial charge in [-0.2, -0.15) is 0 Å². The molecule has 0 heterocycles. The van der Waals surface area contributed by atoms with E-state index in [4.69, 9.17) is 11.6 Å². The monoisotopic (exact) mass is 255 g/mol. The third-order valence-corrected chi connectivity index (χ3v) is 3.69. The molecule has 1 aromatic rings. The number of aliphatic hydroxyl groups is 1. The molecule has 96 valence electrons. The molecule has 1 aromatic carbocycles.